The summed E-state index contributed by atoms with van der Waals surface area (Å²) < 4.78 is 17.9. The van der Waals surface area contributed by atoms with E-state index in [1.165, 1.54) is 0 Å². The van der Waals surface area contributed by atoms with Gasteiger partial charge in [-0.25, -0.2) is 4.79 Å². The summed E-state index contributed by atoms with van der Waals surface area (Å²) in [4.78, 5) is 28.6. The van der Waals surface area contributed by atoms with E-state index in [4.69, 9.17) is 13.9 Å². The van der Waals surface area contributed by atoms with Gasteiger partial charge in [-0.05, 0) is 21.0 Å². The highest BCUT2D eigenvalue weighted by Crippen LogP contribution is 2.36. The highest BCUT2D eigenvalue weighted by molar-refractivity contribution is 6.99. The third kappa shape index (κ3) is 6.15. The maximum absolute atomic E-state index is 12.8. The Morgan fingerprint density at radius 3 is 1.97 bits per heavy atom. The van der Waals surface area contributed by atoms with E-state index in [1.54, 1.807) is 0 Å². The molecule has 1 N–H and O–H groups in total. The van der Waals surface area contributed by atoms with Crippen LogP contribution in [0.5, 0.6) is 0 Å². The lowest BCUT2D eigenvalue weighted by molar-refractivity contribution is -0.118. The van der Waals surface area contributed by atoms with E-state index >= 15 is 0 Å². The fraction of sp³-hybridized carbons (Fsp3) is 0.276. The summed E-state index contributed by atoms with van der Waals surface area (Å²) >= 11 is 0. The lowest BCUT2D eigenvalue weighted by Gasteiger charge is -2.43. The van der Waals surface area contributed by atoms with Crippen molar-refractivity contribution in [3.8, 4) is 0 Å². The second-order valence-corrected chi connectivity index (χ2v) is 14.2. The van der Waals surface area contributed by atoms with Crippen molar-refractivity contribution < 1.29 is 23.5 Å². The van der Waals surface area contributed by atoms with Crippen LogP contribution >= 0.6 is 0 Å². The predicted molar refractivity (Wildman–Crippen MR) is 146 cm³/mol. The monoisotopic (exact) mass is 516 g/mol. The number of alkyl carbamates (subject to hydrolysis) is 1. The molecule has 0 aromatic heterocycles. The van der Waals surface area contributed by atoms with Gasteiger partial charge in [-0.2, -0.15) is 4.99 Å². The Hall–Kier alpha value is -3.75. The molecule has 0 fully saturated rings. The first-order chi connectivity index (χ1) is 17.8. The summed E-state index contributed by atoms with van der Waals surface area (Å²) in [5.74, 6) is -0.274. The van der Waals surface area contributed by atoms with Crippen molar-refractivity contribution in [2.24, 2.45) is 4.99 Å². The van der Waals surface area contributed by atoms with Gasteiger partial charge < -0.3 is 19.2 Å². The van der Waals surface area contributed by atoms with Crippen molar-refractivity contribution >= 4 is 36.6 Å². The maximum atomic E-state index is 12.8. The quantitative estimate of drug-likeness (QED) is 0.437. The lowest BCUT2D eigenvalue weighted by atomic mass is 10.2. The molecule has 1 unspecified atom stereocenters. The van der Waals surface area contributed by atoms with Crippen LogP contribution in [0.25, 0.3) is 0 Å². The molecule has 1 atom stereocenters. The second-order valence-electron chi connectivity index (χ2n) is 9.87. The third-order valence-electron chi connectivity index (χ3n) is 6.26. The molecule has 4 rings (SSSR count). The van der Waals surface area contributed by atoms with Crippen LogP contribution < -0.4 is 15.7 Å². The number of aliphatic imine (C=N–C) groups is 1. The number of ether oxygens (including phenoxy) is 2. The normalized spacial score (nSPS) is 14.5. The number of hydrogen-bond acceptors (Lipinski definition) is 5. The van der Waals surface area contributed by atoms with Crippen LogP contribution in [0.15, 0.2) is 96.0 Å². The lowest BCUT2D eigenvalue weighted by Crippen LogP contribution is -2.67. The first-order valence-electron chi connectivity index (χ1n) is 12.3. The Labute approximate surface area is 218 Å². The van der Waals surface area contributed by atoms with E-state index in [9.17, 15) is 9.59 Å². The van der Waals surface area contributed by atoms with Crippen molar-refractivity contribution in [3.63, 3.8) is 0 Å². The highest BCUT2D eigenvalue weighted by Gasteiger charge is 2.50. The van der Waals surface area contributed by atoms with Gasteiger partial charge in [0.15, 0.2) is 6.61 Å². The van der Waals surface area contributed by atoms with Crippen molar-refractivity contribution in [2.45, 2.75) is 38.5 Å². The molecule has 0 spiro atoms. The summed E-state index contributed by atoms with van der Waals surface area (Å²) in [6.45, 7) is 6.52. The predicted octanol–water partition coefficient (Wildman–Crippen LogP) is 3.81. The molecular weight excluding hydrogens is 484 g/mol. The zero-order chi connectivity index (χ0) is 26.3. The molecule has 0 saturated carbocycles. The third-order valence-corrected chi connectivity index (χ3v) is 11.3. The number of nitrogens with zero attached hydrogens (tertiary/aromatic N) is 1. The van der Waals surface area contributed by atoms with E-state index in [1.807, 2.05) is 66.7 Å². The summed E-state index contributed by atoms with van der Waals surface area (Å²) in [5.41, 5.74) is 0.863. The summed E-state index contributed by atoms with van der Waals surface area (Å²) in [7, 11) is -2.89. The molecule has 3 aromatic carbocycles. The molecule has 37 heavy (non-hydrogen) atoms. The van der Waals surface area contributed by atoms with Crippen LogP contribution in [0.2, 0.25) is 5.04 Å². The molecule has 0 aliphatic carbocycles. The highest BCUT2D eigenvalue weighted by atomic mass is 28.4. The minimum absolute atomic E-state index is 0.0554. The van der Waals surface area contributed by atoms with Gasteiger partial charge >= 0.3 is 6.09 Å². The van der Waals surface area contributed by atoms with Crippen LogP contribution in [0.4, 0.5) is 4.79 Å². The van der Waals surface area contributed by atoms with Crippen molar-refractivity contribution in [1.82, 2.24) is 5.32 Å². The second kappa shape index (κ2) is 11.5. The average Bonchev–Trinajstić information content (AvgIpc) is 3.34. The Bertz CT molecular complexity index is 1190. The van der Waals surface area contributed by atoms with Crippen molar-refractivity contribution in [1.29, 1.82) is 0 Å². The van der Waals surface area contributed by atoms with Gasteiger partial charge in [0.1, 0.15) is 12.6 Å². The Kier molecular flexibility index (Phi) is 8.20. The van der Waals surface area contributed by atoms with Crippen LogP contribution in [0.1, 0.15) is 26.3 Å². The van der Waals surface area contributed by atoms with Crippen LogP contribution in [-0.2, 0) is 25.3 Å². The van der Waals surface area contributed by atoms with Gasteiger partial charge in [-0.15, -0.1) is 0 Å². The molecule has 3 aromatic rings. The molecular formula is C29H32N2O5Si. The van der Waals surface area contributed by atoms with E-state index < -0.39 is 26.4 Å². The SMILES string of the molecule is CC(C)(C)[Si](OCC(NC(=O)OCc1ccccc1)C1=NC(=O)CO1)(c1ccccc1)c1ccccc1. The molecule has 192 valence electrons. The number of amides is 2. The van der Waals surface area contributed by atoms with Gasteiger partial charge in [0.05, 0.1) is 6.61 Å². The number of carbonyl (C=O) groups is 2. The molecule has 0 radical (unpaired) electrons. The van der Waals surface area contributed by atoms with Gasteiger partial charge in [0.2, 0.25) is 5.90 Å². The van der Waals surface area contributed by atoms with Crippen LogP contribution in [0.3, 0.4) is 0 Å². The standard InChI is InChI=1S/C29H32N2O5Si/c1-29(2,3)37(23-15-9-5-10-16-23,24-17-11-6-12-18-24)36-20-25(27-31-26(32)21-34-27)30-28(33)35-19-22-13-7-4-8-14-22/h4-18,25H,19-21H2,1-3H3,(H,30,33). The molecule has 8 heteroatoms. The first kappa shape index (κ1) is 26.3. The minimum atomic E-state index is -2.89. The summed E-state index contributed by atoms with van der Waals surface area (Å²) in [6.07, 6.45) is -0.648. The van der Waals surface area contributed by atoms with E-state index in [2.05, 4.69) is 55.3 Å². The fourth-order valence-corrected chi connectivity index (χ4v) is 9.13. The zero-order valence-corrected chi connectivity index (χ0v) is 22.3. The first-order valence-corrected chi connectivity index (χ1v) is 14.2. The Balaban J connectivity index is 1.62. The van der Waals surface area contributed by atoms with Crippen LogP contribution in [0, 0.1) is 0 Å². The Morgan fingerprint density at radius 1 is 0.946 bits per heavy atom. The van der Waals surface area contributed by atoms with Crippen molar-refractivity contribution in [2.75, 3.05) is 13.2 Å². The number of carbonyl (C=O) groups excluding carboxylic acids is 2. The molecule has 1 heterocycles. The van der Waals surface area contributed by atoms with E-state index in [0.717, 1.165) is 15.9 Å². The van der Waals surface area contributed by atoms with Gasteiger partial charge in [0, 0.05) is 0 Å². The maximum Gasteiger partial charge on any atom is 0.408 e. The van der Waals surface area contributed by atoms with Crippen molar-refractivity contribution in [3.05, 3.63) is 96.6 Å². The minimum Gasteiger partial charge on any atom is -0.469 e. The number of nitrogens with one attached hydrogen (secondary N) is 1. The number of hydrogen-bond donors (Lipinski definition) is 1. The largest absolute Gasteiger partial charge is 0.469 e. The topological polar surface area (TPSA) is 86.2 Å². The number of benzene rings is 3. The Morgan fingerprint density at radius 2 is 1.49 bits per heavy atom. The van der Waals surface area contributed by atoms with Crippen LogP contribution in [-0.4, -0.2) is 45.5 Å². The molecule has 1 aliphatic heterocycles. The summed E-state index contributed by atoms with van der Waals surface area (Å²) in [6, 6.07) is 29.0. The molecule has 1 aliphatic rings. The molecule has 0 bridgehead atoms. The molecule has 0 saturated heterocycles. The fourth-order valence-electron chi connectivity index (χ4n) is 4.55. The van der Waals surface area contributed by atoms with Gasteiger partial charge in [-0.1, -0.05) is 112 Å². The molecule has 2 amide bonds. The van der Waals surface area contributed by atoms with Gasteiger partial charge in [-0.3, -0.25) is 4.79 Å². The smallest absolute Gasteiger partial charge is 0.408 e. The van der Waals surface area contributed by atoms with Gasteiger partial charge in [0.25, 0.3) is 14.2 Å². The number of rotatable bonds is 9. The average molecular weight is 517 g/mol. The molecule has 7 nitrogen and oxygen atoms in total. The zero-order valence-electron chi connectivity index (χ0n) is 21.3. The van der Waals surface area contributed by atoms with E-state index in [0.29, 0.717) is 0 Å². The van der Waals surface area contributed by atoms with E-state index in [-0.39, 0.29) is 30.8 Å². The summed E-state index contributed by atoms with van der Waals surface area (Å²) in [5, 5.41) is 4.75.